The molecule has 3 heterocycles. The Morgan fingerprint density at radius 2 is 2.24 bits per heavy atom. The lowest BCUT2D eigenvalue weighted by Gasteiger charge is -2.16. The van der Waals surface area contributed by atoms with Crippen molar-refractivity contribution in [3.63, 3.8) is 0 Å². The van der Waals surface area contributed by atoms with E-state index in [1.165, 1.54) is 11.3 Å². The van der Waals surface area contributed by atoms with Gasteiger partial charge in [0.2, 0.25) is 16.9 Å². The highest BCUT2D eigenvalue weighted by molar-refractivity contribution is 7.15. The van der Waals surface area contributed by atoms with Crippen molar-refractivity contribution < 1.29 is 9.59 Å². The van der Waals surface area contributed by atoms with Crippen LogP contribution in [0.5, 0.6) is 0 Å². The molecular formula is C20H22ClN5O2S. The summed E-state index contributed by atoms with van der Waals surface area (Å²) in [6.45, 7) is 3.07. The summed E-state index contributed by atoms with van der Waals surface area (Å²) in [6, 6.07) is 5.72. The van der Waals surface area contributed by atoms with Gasteiger partial charge in [-0.1, -0.05) is 29.9 Å². The smallest absolute Gasteiger partial charge is 0.231 e. The number of aromatic nitrogens is 3. The van der Waals surface area contributed by atoms with E-state index in [-0.39, 0.29) is 24.2 Å². The summed E-state index contributed by atoms with van der Waals surface area (Å²) >= 11 is 7.50. The number of fused-ring (bicyclic) bond motifs is 1. The molecule has 1 atom stereocenters. The van der Waals surface area contributed by atoms with Gasteiger partial charge in [-0.05, 0) is 36.6 Å². The zero-order valence-corrected chi connectivity index (χ0v) is 17.6. The highest BCUT2D eigenvalue weighted by Gasteiger charge is 2.34. The second-order valence-corrected chi connectivity index (χ2v) is 8.73. The first-order chi connectivity index (χ1) is 14.0. The Morgan fingerprint density at radius 1 is 1.38 bits per heavy atom. The fourth-order valence-electron chi connectivity index (χ4n) is 3.60. The summed E-state index contributed by atoms with van der Waals surface area (Å²) in [5.74, 6) is -0.524. The number of nitrogens with zero attached hydrogens (tertiary/aromatic N) is 3. The molecule has 29 heavy (non-hydrogen) atoms. The van der Waals surface area contributed by atoms with Gasteiger partial charge in [0, 0.05) is 48.1 Å². The van der Waals surface area contributed by atoms with Crippen molar-refractivity contribution in [1.82, 2.24) is 20.1 Å². The molecule has 0 aliphatic carbocycles. The summed E-state index contributed by atoms with van der Waals surface area (Å²) in [5, 5.41) is 14.1. The quantitative estimate of drug-likeness (QED) is 0.597. The minimum absolute atomic E-state index is 0.00644. The molecular weight excluding hydrogens is 410 g/mol. The SMILES string of the molecule is CCCc1nnc(NC(=O)C2CC(=O)N(CCc3c[nH]c4ccc(Cl)cc34)C2)s1. The normalized spacial score (nSPS) is 16.7. The first-order valence-electron chi connectivity index (χ1n) is 9.70. The van der Waals surface area contributed by atoms with E-state index in [1.807, 2.05) is 24.4 Å². The lowest BCUT2D eigenvalue weighted by atomic mass is 10.1. The Bertz CT molecular complexity index is 1050. The second-order valence-electron chi connectivity index (χ2n) is 7.23. The van der Waals surface area contributed by atoms with Crippen LogP contribution in [0.3, 0.4) is 0 Å². The van der Waals surface area contributed by atoms with Gasteiger partial charge in [-0.3, -0.25) is 9.59 Å². The third-order valence-corrected chi connectivity index (χ3v) is 6.26. The van der Waals surface area contributed by atoms with Gasteiger partial charge in [-0.15, -0.1) is 10.2 Å². The molecule has 1 fully saturated rings. The number of hydrogen-bond donors (Lipinski definition) is 2. The number of benzene rings is 1. The maximum absolute atomic E-state index is 12.5. The number of aryl methyl sites for hydroxylation is 1. The van der Waals surface area contributed by atoms with Crippen LogP contribution in [0, 0.1) is 5.92 Å². The third kappa shape index (κ3) is 4.43. The van der Waals surface area contributed by atoms with Crippen molar-refractivity contribution in [3.05, 3.63) is 40.0 Å². The van der Waals surface area contributed by atoms with E-state index in [4.69, 9.17) is 11.6 Å². The first kappa shape index (κ1) is 19.8. The number of halogens is 1. The number of nitrogens with one attached hydrogen (secondary N) is 2. The fourth-order valence-corrected chi connectivity index (χ4v) is 4.62. The molecule has 152 valence electrons. The van der Waals surface area contributed by atoms with Crippen molar-refractivity contribution in [2.45, 2.75) is 32.6 Å². The van der Waals surface area contributed by atoms with Gasteiger partial charge in [0.25, 0.3) is 0 Å². The highest BCUT2D eigenvalue weighted by Crippen LogP contribution is 2.25. The number of rotatable bonds is 7. The van der Waals surface area contributed by atoms with Crippen LogP contribution in [0.1, 0.15) is 30.3 Å². The predicted molar refractivity (Wildman–Crippen MR) is 114 cm³/mol. The summed E-state index contributed by atoms with van der Waals surface area (Å²) < 4.78 is 0. The monoisotopic (exact) mass is 431 g/mol. The van der Waals surface area contributed by atoms with E-state index < -0.39 is 0 Å². The number of hydrogen-bond acceptors (Lipinski definition) is 5. The Morgan fingerprint density at radius 3 is 3.07 bits per heavy atom. The average Bonchev–Trinajstić information content (AvgIpc) is 3.39. The van der Waals surface area contributed by atoms with Gasteiger partial charge in [-0.25, -0.2) is 0 Å². The molecule has 7 nitrogen and oxygen atoms in total. The van der Waals surface area contributed by atoms with Crippen molar-refractivity contribution in [1.29, 1.82) is 0 Å². The minimum Gasteiger partial charge on any atom is -0.361 e. The molecule has 0 radical (unpaired) electrons. The Kier molecular flexibility index (Phi) is 5.82. The summed E-state index contributed by atoms with van der Waals surface area (Å²) in [7, 11) is 0. The van der Waals surface area contributed by atoms with Gasteiger partial charge < -0.3 is 15.2 Å². The van der Waals surface area contributed by atoms with Gasteiger partial charge in [0.15, 0.2) is 0 Å². The summed E-state index contributed by atoms with van der Waals surface area (Å²) in [5.41, 5.74) is 2.13. The van der Waals surface area contributed by atoms with Crippen LogP contribution in [0.4, 0.5) is 5.13 Å². The van der Waals surface area contributed by atoms with Gasteiger partial charge in [0.1, 0.15) is 5.01 Å². The average molecular weight is 432 g/mol. The number of amides is 2. The highest BCUT2D eigenvalue weighted by atomic mass is 35.5. The van der Waals surface area contributed by atoms with Crippen LogP contribution in [-0.2, 0) is 22.4 Å². The zero-order chi connectivity index (χ0) is 20.4. The van der Waals surface area contributed by atoms with Crippen LogP contribution in [0.15, 0.2) is 24.4 Å². The lowest BCUT2D eigenvalue weighted by Crippen LogP contribution is -2.30. The van der Waals surface area contributed by atoms with Crippen LogP contribution < -0.4 is 5.32 Å². The van der Waals surface area contributed by atoms with Gasteiger partial charge in [-0.2, -0.15) is 0 Å². The van der Waals surface area contributed by atoms with E-state index in [1.54, 1.807) is 4.90 Å². The molecule has 4 rings (SSSR count). The molecule has 0 bridgehead atoms. The summed E-state index contributed by atoms with van der Waals surface area (Å²) in [4.78, 5) is 29.9. The second kappa shape index (κ2) is 8.51. The van der Waals surface area contributed by atoms with Crippen molar-refractivity contribution in [2.75, 3.05) is 18.4 Å². The topological polar surface area (TPSA) is 91.0 Å². The third-order valence-electron chi connectivity index (χ3n) is 5.13. The van der Waals surface area contributed by atoms with Crippen molar-refractivity contribution >= 4 is 50.8 Å². The number of carbonyl (C=O) groups is 2. The molecule has 2 amide bonds. The van der Waals surface area contributed by atoms with E-state index in [0.29, 0.717) is 29.7 Å². The molecule has 1 unspecified atom stereocenters. The molecule has 2 aromatic heterocycles. The number of likely N-dealkylation sites (tertiary alicyclic amines) is 1. The van der Waals surface area contributed by atoms with E-state index in [0.717, 1.165) is 34.3 Å². The predicted octanol–water partition coefficient (Wildman–Crippen LogP) is 3.66. The van der Waals surface area contributed by atoms with Crippen molar-refractivity contribution in [3.8, 4) is 0 Å². The van der Waals surface area contributed by atoms with E-state index in [9.17, 15) is 9.59 Å². The van der Waals surface area contributed by atoms with Crippen molar-refractivity contribution in [2.24, 2.45) is 5.92 Å². The molecule has 1 aliphatic rings. The maximum Gasteiger partial charge on any atom is 0.231 e. The molecule has 9 heteroatoms. The number of anilines is 1. The Labute approximate surface area is 177 Å². The van der Waals surface area contributed by atoms with Gasteiger partial charge in [0.05, 0.1) is 5.92 Å². The fraction of sp³-hybridized carbons (Fsp3) is 0.400. The standard InChI is InChI=1S/C20H22ClN5O2S/c1-2-3-17-24-25-20(29-17)23-19(28)13-8-18(27)26(11-13)7-6-12-10-22-16-5-4-14(21)9-15(12)16/h4-5,9-10,13,22H,2-3,6-8,11H2,1H3,(H,23,25,28). The van der Waals surface area contributed by atoms with Crippen LogP contribution in [0.2, 0.25) is 5.02 Å². The van der Waals surface area contributed by atoms with E-state index >= 15 is 0 Å². The first-order valence-corrected chi connectivity index (χ1v) is 10.9. The number of carbonyl (C=O) groups excluding carboxylic acids is 2. The maximum atomic E-state index is 12.5. The molecule has 1 aliphatic heterocycles. The summed E-state index contributed by atoms with van der Waals surface area (Å²) in [6.07, 6.45) is 4.72. The van der Waals surface area contributed by atoms with Gasteiger partial charge >= 0.3 is 0 Å². The molecule has 2 N–H and O–H groups in total. The zero-order valence-electron chi connectivity index (χ0n) is 16.1. The minimum atomic E-state index is -0.363. The number of H-pyrrole nitrogens is 1. The number of aromatic amines is 1. The van der Waals surface area contributed by atoms with Crippen LogP contribution in [-0.4, -0.2) is 45.0 Å². The Hall–Kier alpha value is -2.45. The molecule has 0 spiro atoms. The molecule has 1 saturated heterocycles. The molecule has 1 aromatic carbocycles. The molecule has 3 aromatic rings. The lowest BCUT2D eigenvalue weighted by molar-refractivity contribution is -0.128. The van der Waals surface area contributed by atoms with Crippen LogP contribution in [0.25, 0.3) is 10.9 Å². The van der Waals surface area contributed by atoms with Crippen LogP contribution >= 0.6 is 22.9 Å². The van der Waals surface area contributed by atoms with E-state index in [2.05, 4.69) is 27.4 Å². The largest absolute Gasteiger partial charge is 0.361 e. The Balaban J connectivity index is 1.34. The molecule has 0 saturated carbocycles.